The Labute approximate surface area is 178 Å². The van der Waals surface area contributed by atoms with Crippen LogP contribution in [0, 0.1) is 23.7 Å². The highest BCUT2D eigenvalue weighted by molar-refractivity contribution is 7.80. The van der Waals surface area contributed by atoms with Crippen LogP contribution in [0.3, 0.4) is 0 Å². The third-order valence-corrected chi connectivity index (χ3v) is 6.47. The monoisotopic (exact) mass is 413 g/mol. The van der Waals surface area contributed by atoms with E-state index in [1.54, 1.807) is 0 Å². The summed E-state index contributed by atoms with van der Waals surface area (Å²) in [5, 5.41) is 17.0. The van der Waals surface area contributed by atoms with Gasteiger partial charge in [-0.2, -0.15) is 5.10 Å². The number of allylic oxidation sites excluding steroid dienone is 2. The Morgan fingerprint density at radius 1 is 1.24 bits per heavy atom. The number of hydrogen-bond donors (Lipinski definition) is 3. The molecule has 156 valence electrons. The predicted molar refractivity (Wildman–Crippen MR) is 122 cm³/mol. The first-order chi connectivity index (χ1) is 14.0. The van der Waals surface area contributed by atoms with E-state index in [0.717, 1.165) is 36.1 Å². The number of hydrogen-bond acceptors (Lipinski definition) is 3. The summed E-state index contributed by atoms with van der Waals surface area (Å²) in [6.45, 7) is 2.12. The minimum Gasteiger partial charge on any atom is -0.481 e. The van der Waals surface area contributed by atoms with Crippen LogP contribution >= 0.6 is 12.2 Å². The number of carbonyl (C=O) groups is 1. The Kier molecular flexibility index (Phi) is 7.81. The van der Waals surface area contributed by atoms with Gasteiger partial charge in [0.15, 0.2) is 5.11 Å². The molecule has 4 unspecified atom stereocenters. The van der Waals surface area contributed by atoms with Crippen LogP contribution in [-0.4, -0.2) is 21.9 Å². The van der Waals surface area contributed by atoms with Crippen LogP contribution in [0.1, 0.15) is 51.9 Å². The molecule has 2 aliphatic carbocycles. The molecule has 3 N–H and O–H groups in total. The number of aliphatic carboxylic acids is 1. The smallest absolute Gasteiger partial charge is 0.303 e. The highest BCUT2D eigenvalue weighted by atomic mass is 32.1. The van der Waals surface area contributed by atoms with Gasteiger partial charge in [-0.1, -0.05) is 30.4 Å². The zero-order chi connectivity index (χ0) is 20.6. The van der Waals surface area contributed by atoms with Gasteiger partial charge in [-0.3, -0.25) is 10.2 Å². The number of benzene rings is 1. The number of anilines is 1. The Morgan fingerprint density at radius 3 is 2.76 bits per heavy atom. The van der Waals surface area contributed by atoms with E-state index in [4.69, 9.17) is 17.3 Å². The van der Waals surface area contributed by atoms with Crippen molar-refractivity contribution in [2.75, 3.05) is 5.32 Å². The number of nitrogens with zero attached hydrogens (tertiary/aromatic N) is 1. The van der Waals surface area contributed by atoms with Crippen molar-refractivity contribution in [2.24, 2.45) is 28.8 Å². The van der Waals surface area contributed by atoms with Gasteiger partial charge in [0.1, 0.15) is 0 Å². The maximum atomic E-state index is 10.6. The second kappa shape index (κ2) is 10.5. The van der Waals surface area contributed by atoms with E-state index < -0.39 is 5.97 Å². The van der Waals surface area contributed by atoms with Gasteiger partial charge in [0.05, 0.1) is 0 Å². The van der Waals surface area contributed by atoms with Gasteiger partial charge >= 0.3 is 5.97 Å². The van der Waals surface area contributed by atoms with Crippen molar-refractivity contribution in [1.29, 1.82) is 0 Å². The topological polar surface area (TPSA) is 73.7 Å². The van der Waals surface area contributed by atoms with E-state index >= 15 is 0 Å². The highest BCUT2D eigenvalue weighted by Gasteiger charge is 2.47. The lowest BCUT2D eigenvalue weighted by atomic mass is 9.75. The lowest BCUT2D eigenvalue weighted by Crippen LogP contribution is -2.31. The summed E-state index contributed by atoms with van der Waals surface area (Å²) >= 11 is 5.37. The van der Waals surface area contributed by atoms with Gasteiger partial charge in [0.2, 0.25) is 0 Å². The first-order valence-corrected chi connectivity index (χ1v) is 11.0. The SMILES string of the molecule is C/C(=N\NC(=S)Nc1ccccc1)C1C2CCC(C2)C1C/C=C/CCCC(=O)O. The molecule has 2 fully saturated rings. The number of thiocarbonyl (C=S) groups is 1. The van der Waals surface area contributed by atoms with Crippen LogP contribution < -0.4 is 10.7 Å². The molecule has 0 aliphatic heterocycles. The van der Waals surface area contributed by atoms with Gasteiger partial charge in [-0.05, 0) is 87.6 Å². The summed E-state index contributed by atoms with van der Waals surface area (Å²) in [6.07, 6.45) is 11.2. The summed E-state index contributed by atoms with van der Waals surface area (Å²) < 4.78 is 0. The molecule has 0 spiro atoms. The van der Waals surface area contributed by atoms with Crippen LogP contribution in [-0.2, 0) is 4.79 Å². The minimum absolute atomic E-state index is 0.245. The zero-order valence-corrected chi connectivity index (χ0v) is 17.8. The average molecular weight is 414 g/mol. The average Bonchev–Trinajstić information content (AvgIpc) is 3.31. The van der Waals surface area contributed by atoms with Crippen LogP contribution in [0.15, 0.2) is 47.6 Å². The standard InChI is InChI=1S/C23H31N3O2S/c1-16(25-26-23(29)24-19-9-5-4-6-10-19)22-18-14-13-17(15-18)20(22)11-7-2-3-8-12-21(27)28/h2,4-7,9-10,17-18,20,22H,3,8,11-15H2,1H3,(H,27,28)(H2,24,26,29)/b7-2+,25-16+. The van der Waals surface area contributed by atoms with E-state index in [9.17, 15) is 4.79 Å². The second-order valence-corrected chi connectivity index (χ2v) is 8.61. The van der Waals surface area contributed by atoms with E-state index in [2.05, 4.69) is 34.9 Å². The summed E-state index contributed by atoms with van der Waals surface area (Å²) in [7, 11) is 0. The van der Waals surface area contributed by atoms with Crippen molar-refractivity contribution >= 4 is 34.7 Å². The molecule has 1 aromatic carbocycles. The number of carboxylic acid groups (broad SMARTS) is 1. The Morgan fingerprint density at radius 2 is 2.00 bits per heavy atom. The summed E-state index contributed by atoms with van der Waals surface area (Å²) in [5.41, 5.74) is 5.10. The normalized spacial score (nSPS) is 26.0. The fraction of sp³-hybridized carbons (Fsp3) is 0.522. The predicted octanol–water partition coefficient (Wildman–Crippen LogP) is 5.21. The van der Waals surface area contributed by atoms with Crippen LogP contribution in [0.2, 0.25) is 0 Å². The first kappa shape index (κ1) is 21.5. The maximum Gasteiger partial charge on any atom is 0.303 e. The van der Waals surface area contributed by atoms with E-state index in [0.29, 0.717) is 23.4 Å². The molecule has 0 aromatic heterocycles. The molecule has 2 aliphatic rings. The van der Waals surface area contributed by atoms with Gasteiger partial charge in [0.25, 0.3) is 0 Å². The molecular weight excluding hydrogens is 382 g/mol. The molecule has 2 bridgehead atoms. The zero-order valence-electron chi connectivity index (χ0n) is 17.0. The van der Waals surface area contributed by atoms with Gasteiger partial charge in [-0.15, -0.1) is 0 Å². The third kappa shape index (κ3) is 6.13. The Hall–Kier alpha value is -2.21. The summed E-state index contributed by atoms with van der Waals surface area (Å²) in [5.74, 6) is 1.93. The van der Waals surface area contributed by atoms with Crippen LogP contribution in [0.25, 0.3) is 0 Å². The van der Waals surface area contributed by atoms with Crippen LogP contribution in [0.5, 0.6) is 0 Å². The molecule has 1 aromatic rings. The number of hydrazone groups is 1. The van der Waals surface area contributed by atoms with Crippen molar-refractivity contribution in [3.05, 3.63) is 42.5 Å². The Balaban J connectivity index is 1.52. The number of rotatable bonds is 9. The molecule has 6 heteroatoms. The summed E-state index contributed by atoms with van der Waals surface area (Å²) in [4.78, 5) is 10.6. The largest absolute Gasteiger partial charge is 0.481 e. The van der Waals surface area contributed by atoms with Gasteiger partial charge in [-0.25, -0.2) is 0 Å². The molecule has 5 nitrogen and oxygen atoms in total. The molecule has 0 heterocycles. The van der Waals surface area contributed by atoms with E-state index in [-0.39, 0.29) is 6.42 Å². The molecule has 4 atom stereocenters. The quantitative estimate of drug-likeness (QED) is 0.170. The van der Waals surface area contributed by atoms with Crippen molar-refractivity contribution in [1.82, 2.24) is 5.43 Å². The van der Waals surface area contributed by atoms with E-state index in [1.165, 1.54) is 19.3 Å². The van der Waals surface area contributed by atoms with Gasteiger partial charge < -0.3 is 10.4 Å². The lowest BCUT2D eigenvalue weighted by molar-refractivity contribution is -0.137. The molecule has 2 saturated carbocycles. The van der Waals surface area contributed by atoms with Crippen molar-refractivity contribution in [3.8, 4) is 0 Å². The second-order valence-electron chi connectivity index (χ2n) is 8.20. The van der Waals surface area contributed by atoms with Crippen LogP contribution in [0.4, 0.5) is 5.69 Å². The van der Waals surface area contributed by atoms with Crippen molar-refractivity contribution in [3.63, 3.8) is 0 Å². The maximum absolute atomic E-state index is 10.6. The van der Waals surface area contributed by atoms with E-state index in [1.807, 2.05) is 30.3 Å². The third-order valence-electron chi connectivity index (χ3n) is 6.27. The molecule has 29 heavy (non-hydrogen) atoms. The Bertz CT molecular complexity index is 763. The number of carboxylic acids is 1. The number of fused-ring (bicyclic) bond motifs is 2. The van der Waals surface area contributed by atoms with Gasteiger partial charge in [0, 0.05) is 23.7 Å². The highest BCUT2D eigenvalue weighted by Crippen LogP contribution is 2.54. The molecule has 3 rings (SSSR count). The number of nitrogens with one attached hydrogen (secondary N) is 2. The molecule has 0 radical (unpaired) electrons. The first-order valence-electron chi connectivity index (χ1n) is 10.6. The fourth-order valence-corrected chi connectivity index (χ4v) is 5.20. The molecular formula is C23H31N3O2S. The lowest BCUT2D eigenvalue weighted by Gasteiger charge is -2.30. The summed E-state index contributed by atoms with van der Waals surface area (Å²) in [6, 6.07) is 9.85. The molecule has 0 amide bonds. The fourth-order valence-electron chi connectivity index (χ4n) is 5.04. The number of unbranched alkanes of at least 4 members (excludes halogenated alkanes) is 1. The molecule has 0 saturated heterocycles. The minimum atomic E-state index is -0.717. The van der Waals surface area contributed by atoms with Crippen molar-refractivity contribution < 1.29 is 9.90 Å². The van der Waals surface area contributed by atoms with Crippen molar-refractivity contribution in [2.45, 2.75) is 51.9 Å². The number of para-hydroxylation sites is 1.